The highest BCUT2D eigenvalue weighted by Crippen LogP contribution is 2.19. The number of carboxylic acid groups (broad SMARTS) is 1. The number of carbonyl (C=O) groups excluding carboxylic acids is 1. The van der Waals surface area contributed by atoms with Gasteiger partial charge in [0.05, 0.1) is 0 Å². The largest absolute Gasteiger partial charge is 0.480 e. The maximum Gasteiger partial charge on any atom is 0.411 e. The third-order valence-electron chi connectivity index (χ3n) is 2.86. The van der Waals surface area contributed by atoms with Gasteiger partial charge in [0.15, 0.2) is 0 Å². The summed E-state index contributed by atoms with van der Waals surface area (Å²) >= 11 is 0. The van der Waals surface area contributed by atoms with Crippen molar-refractivity contribution in [2.24, 2.45) is 5.92 Å². The first-order valence-electron chi connectivity index (χ1n) is 6.86. The van der Waals surface area contributed by atoms with E-state index in [1.165, 1.54) is 4.90 Å². The van der Waals surface area contributed by atoms with Gasteiger partial charge in [0.25, 0.3) is 0 Å². The van der Waals surface area contributed by atoms with Gasteiger partial charge in [-0.15, -0.1) is 0 Å². The van der Waals surface area contributed by atoms with Crippen LogP contribution in [-0.4, -0.2) is 40.3 Å². The second-order valence-corrected chi connectivity index (χ2v) is 5.84. The number of carbonyl (C=O) groups is 2. The van der Waals surface area contributed by atoms with Crippen LogP contribution in [0.2, 0.25) is 0 Å². The number of hydrogen-bond donors (Lipinski definition) is 1. The summed E-state index contributed by atoms with van der Waals surface area (Å²) in [5, 5.41) is 9.37. The molecular weight excluding hydrogens is 246 g/mol. The molecule has 0 aliphatic carbocycles. The number of amides is 1. The fourth-order valence-corrected chi connectivity index (χ4v) is 1.81. The fourth-order valence-electron chi connectivity index (χ4n) is 1.81. The Morgan fingerprint density at radius 1 is 1.26 bits per heavy atom. The molecule has 0 bridgehead atoms. The normalized spacial score (nSPS) is 14.6. The summed E-state index contributed by atoms with van der Waals surface area (Å²) in [4.78, 5) is 24.9. The zero-order valence-corrected chi connectivity index (χ0v) is 12.9. The van der Waals surface area contributed by atoms with E-state index < -0.39 is 23.7 Å². The van der Waals surface area contributed by atoms with E-state index in [2.05, 4.69) is 0 Å². The van der Waals surface area contributed by atoms with Gasteiger partial charge in [0, 0.05) is 6.54 Å². The van der Waals surface area contributed by atoms with Crippen molar-refractivity contribution in [3.63, 3.8) is 0 Å². The third kappa shape index (κ3) is 5.94. The lowest BCUT2D eigenvalue weighted by Gasteiger charge is -2.33. The van der Waals surface area contributed by atoms with Gasteiger partial charge >= 0.3 is 12.1 Å². The van der Waals surface area contributed by atoms with Crippen LogP contribution in [0.1, 0.15) is 54.4 Å². The predicted molar refractivity (Wildman–Crippen MR) is 74.1 cm³/mol. The summed E-state index contributed by atoms with van der Waals surface area (Å²) < 4.78 is 5.30. The van der Waals surface area contributed by atoms with Crippen LogP contribution in [0.5, 0.6) is 0 Å². The van der Waals surface area contributed by atoms with E-state index >= 15 is 0 Å². The molecule has 0 spiro atoms. The van der Waals surface area contributed by atoms with E-state index in [0.29, 0.717) is 19.4 Å². The molecule has 0 heterocycles. The molecule has 0 aromatic heterocycles. The molecule has 112 valence electrons. The highest BCUT2D eigenvalue weighted by atomic mass is 16.6. The van der Waals surface area contributed by atoms with Gasteiger partial charge in [-0.1, -0.05) is 27.2 Å². The van der Waals surface area contributed by atoms with Crippen LogP contribution in [0.4, 0.5) is 4.79 Å². The molecule has 0 saturated heterocycles. The SMILES string of the molecule is CCCN(C(=O)OC(C)(C)C)C(C(=O)O)C(C)CC. The van der Waals surface area contributed by atoms with E-state index in [1.54, 1.807) is 20.8 Å². The minimum Gasteiger partial charge on any atom is -0.480 e. The maximum absolute atomic E-state index is 12.2. The molecule has 19 heavy (non-hydrogen) atoms. The van der Waals surface area contributed by atoms with Gasteiger partial charge < -0.3 is 9.84 Å². The highest BCUT2D eigenvalue weighted by molar-refractivity contribution is 5.80. The van der Waals surface area contributed by atoms with Gasteiger partial charge in [-0.2, -0.15) is 0 Å². The average Bonchev–Trinajstić information content (AvgIpc) is 2.25. The van der Waals surface area contributed by atoms with Crippen LogP contribution in [0, 0.1) is 5.92 Å². The number of nitrogens with zero attached hydrogens (tertiary/aromatic N) is 1. The Hall–Kier alpha value is -1.26. The second-order valence-electron chi connectivity index (χ2n) is 5.84. The van der Waals surface area contributed by atoms with Crippen molar-refractivity contribution < 1.29 is 19.4 Å². The van der Waals surface area contributed by atoms with Gasteiger partial charge in [-0.25, -0.2) is 9.59 Å². The number of hydrogen-bond acceptors (Lipinski definition) is 3. The molecule has 5 nitrogen and oxygen atoms in total. The zero-order valence-electron chi connectivity index (χ0n) is 12.9. The first-order valence-corrected chi connectivity index (χ1v) is 6.86. The molecule has 5 heteroatoms. The molecule has 0 rings (SSSR count). The standard InChI is InChI=1S/C14H27NO4/c1-7-9-15(13(18)19-14(4,5)6)11(12(16)17)10(3)8-2/h10-11H,7-9H2,1-6H3,(H,16,17). The van der Waals surface area contributed by atoms with Crippen molar-refractivity contribution in [3.05, 3.63) is 0 Å². The zero-order chi connectivity index (χ0) is 15.2. The summed E-state index contributed by atoms with van der Waals surface area (Å²) in [5.74, 6) is -1.09. The molecule has 0 fully saturated rings. The molecule has 0 saturated carbocycles. The first-order chi connectivity index (χ1) is 8.64. The fraction of sp³-hybridized carbons (Fsp3) is 0.857. The number of rotatable bonds is 6. The average molecular weight is 273 g/mol. The summed E-state index contributed by atoms with van der Waals surface area (Å²) in [6.45, 7) is 11.4. The van der Waals surface area contributed by atoms with Gasteiger partial charge in [0.2, 0.25) is 0 Å². The molecule has 2 atom stereocenters. The van der Waals surface area contributed by atoms with Crippen LogP contribution in [0.25, 0.3) is 0 Å². The molecule has 0 aliphatic rings. The van der Waals surface area contributed by atoms with E-state index in [9.17, 15) is 14.7 Å². The number of ether oxygens (including phenoxy) is 1. The van der Waals surface area contributed by atoms with E-state index in [-0.39, 0.29) is 5.92 Å². The Morgan fingerprint density at radius 2 is 1.79 bits per heavy atom. The molecule has 0 aromatic rings. The lowest BCUT2D eigenvalue weighted by atomic mass is 9.98. The Labute approximate surface area is 115 Å². The predicted octanol–water partition coefficient (Wildman–Crippen LogP) is 3.13. The molecule has 0 radical (unpaired) electrons. The molecule has 1 amide bonds. The molecule has 2 unspecified atom stereocenters. The van der Waals surface area contributed by atoms with Crippen LogP contribution in [-0.2, 0) is 9.53 Å². The number of aliphatic carboxylic acids is 1. The molecular formula is C14H27NO4. The second kappa shape index (κ2) is 7.36. The van der Waals surface area contributed by atoms with Crippen molar-refractivity contribution in [2.75, 3.05) is 6.54 Å². The van der Waals surface area contributed by atoms with Crippen molar-refractivity contribution in [1.29, 1.82) is 0 Å². The van der Waals surface area contributed by atoms with Crippen LogP contribution < -0.4 is 0 Å². The van der Waals surface area contributed by atoms with Crippen molar-refractivity contribution >= 4 is 12.1 Å². The minimum atomic E-state index is -0.978. The Balaban J connectivity index is 5.14. The smallest absolute Gasteiger partial charge is 0.411 e. The number of carboxylic acids is 1. The van der Waals surface area contributed by atoms with E-state index in [1.807, 2.05) is 20.8 Å². The summed E-state index contributed by atoms with van der Waals surface area (Å²) in [7, 11) is 0. The van der Waals surface area contributed by atoms with Crippen molar-refractivity contribution in [3.8, 4) is 0 Å². The van der Waals surface area contributed by atoms with Crippen LogP contribution in [0.15, 0.2) is 0 Å². The summed E-state index contributed by atoms with van der Waals surface area (Å²) in [6, 6.07) is -0.834. The first kappa shape index (κ1) is 17.7. The highest BCUT2D eigenvalue weighted by Gasteiger charge is 2.35. The minimum absolute atomic E-state index is 0.114. The van der Waals surface area contributed by atoms with Gasteiger partial charge in [-0.05, 0) is 33.1 Å². The van der Waals surface area contributed by atoms with Crippen molar-refractivity contribution in [1.82, 2.24) is 4.90 Å². The van der Waals surface area contributed by atoms with Crippen LogP contribution >= 0.6 is 0 Å². The summed E-state index contributed by atoms with van der Waals surface area (Å²) in [6.07, 6.45) is 0.835. The monoisotopic (exact) mass is 273 g/mol. The van der Waals surface area contributed by atoms with E-state index in [0.717, 1.165) is 0 Å². The Kier molecular flexibility index (Phi) is 6.87. The van der Waals surface area contributed by atoms with Gasteiger partial charge in [0.1, 0.15) is 11.6 Å². The van der Waals surface area contributed by atoms with Crippen LogP contribution in [0.3, 0.4) is 0 Å². The third-order valence-corrected chi connectivity index (χ3v) is 2.86. The topological polar surface area (TPSA) is 66.8 Å². The molecule has 0 aliphatic heterocycles. The lowest BCUT2D eigenvalue weighted by molar-refractivity contribution is -0.145. The lowest BCUT2D eigenvalue weighted by Crippen LogP contribution is -2.50. The molecule has 0 aromatic carbocycles. The van der Waals surface area contributed by atoms with E-state index in [4.69, 9.17) is 4.74 Å². The Morgan fingerprint density at radius 3 is 2.11 bits per heavy atom. The maximum atomic E-state index is 12.2. The molecule has 1 N–H and O–H groups in total. The quantitative estimate of drug-likeness (QED) is 0.807. The van der Waals surface area contributed by atoms with Gasteiger partial charge in [-0.3, -0.25) is 4.90 Å². The summed E-state index contributed by atoms with van der Waals surface area (Å²) in [5.41, 5.74) is -0.623. The Bertz CT molecular complexity index is 309. The van der Waals surface area contributed by atoms with Crippen molar-refractivity contribution in [2.45, 2.75) is 66.0 Å².